The molecule has 0 saturated heterocycles. The Bertz CT molecular complexity index is 294. The fourth-order valence-corrected chi connectivity index (χ4v) is 1.08. The number of pyridine rings is 1. The highest BCUT2D eigenvalue weighted by Gasteiger charge is 2.00. The van der Waals surface area contributed by atoms with E-state index in [2.05, 4.69) is 11.6 Å². The summed E-state index contributed by atoms with van der Waals surface area (Å²) < 4.78 is 0. The molecular weight excluding hydrogens is 160 g/mol. The van der Waals surface area contributed by atoms with Crippen LogP contribution in [0.2, 0.25) is 5.02 Å². The standard InChI is InChI=1S/C8H9ClN2/c1-5(2)6-4-11-8(10)3-7(6)9/h3-4H,1H2,2H3,(H2,10,11). The first-order valence-corrected chi connectivity index (χ1v) is 3.56. The summed E-state index contributed by atoms with van der Waals surface area (Å²) >= 11 is 5.84. The lowest BCUT2D eigenvalue weighted by Crippen LogP contribution is -1.91. The number of hydrogen-bond acceptors (Lipinski definition) is 2. The first-order chi connectivity index (χ1) is 5.11. The van der Waals surface area contributed by atoms with Crippen molar-refractivity contribution in [1.29, 1.82) is 0 Å². The van der Waals surface area contributed by atoms with E-state index < -0.39 is 0 Å². The largest absolute Gasteiger partial charge is 0.384 e. The molecule has 0 radical (unpaired) electrons. The van der Waals surface area contributed by atoms with Crippen LogP contribution >= 0.6 is 11.6 Å². The number of nitrogens with zero attached hydrogens (tertiary/aromatic N) is 1. The van der Waals surface area contributed by atoms with E-state index in [1.165, 1.54) is 0 Å². The molecule has 1 rings (SSSR count). The summed E-state index contributed by atoms with van der Waals surface area (Å²) in [5.41, 5.74) is 7.14. The summed E-state index contributed by atoms with van der Waals surface area (Å²) in [5.74, 6) is 0.431. The maximum absolute atomic E-state index is 5.84. The zero-order valence-corrected chi connectivity index (χ0v) is 7.02. The maximum atomic E-state index is 5.84. The van der Waals surface area contributed by atoms with Crippen molar-refractivity contribution in [3.8, 4) is 0 Å². The number of nitrogens with two attached hydrogens (primary N) is 1. The van der Waals surface area contributed by atoms with Gasteiger partial charge in [0, 0.05) is 11.8 Å². The summed E-state index contributed by atoms with van der Waals surface area (Å²) in [6.07, 6.45) is 1.62. The maximum Gasteiger partial charge on any atom is 0.124 e. The molecule has 0 fully saturated rings. The van der Waals surface area contributed by atoms with E-state index in [4.69, 9.17) is 17.3 Å². The number of halogens is 1. The van der Waals surface area contributed by atoms with Crippen molar-refractivity contribution in [1.82, 2.24) is 4.98 Å². The van der Waals surface area contributed by atoms with Crippen LogP contribution in [0.25, 0.3) is 5.57 Å². The van der Waals surface area contributed by atoms with Gasteiger partial charge in [0.1, 0.15) is 5.82 Å². The molecule has 2 N–H and O–H groups in total. The molecule has 0 aliphatic heterocycles. The van der Waals surface area contributed by atoms with Gasteiger partial charge in [-0.15, -0.1) is 0 Å². The highest BCUT2D eigenvalue weighted by molar-refractivity contribution is 6.32. The van der Waals surface area contributed by atoms with Crippen LogP contribution in [0.5, 0.6) is 0 Å². The van der Waals surface area contributed by atoms with E-state index in [9.17, 15) is 0 Å². The van der Waals surface area contributed by atoms with Crippen LogP contribution < -0.4 is 5.73 Å². The Labute approximate surface area is 70.7 Å². The Morgan fingerprint density at radius 3 is 2.82 bits per heavy atom. The average Bonchev–Trinajstić information content (AvgIpc) is 1.85. The Balaban J connectivity index is 3.20. The van der Waals surface area contributed by atoms with Gasteiger partial charge in [-0.25, -0.2) is 4.98 Å². The molecule has 0 atom stereocenters. The molecule has 2 nitrogen and oxygen atoms in total. The fraction of sp³-hybridized carbons (Fsp3) is 0.125. The lowest BCUT2D eigenvalue weighted by atomic mass is 10.1. The number of aromatic nitrogens is 1. The molecule has 0 aliphatic carbocycles. The van der Waals surface area contributed by atoms with Crippen LogP contribution in [0.4, 0.5) is 5.82 Å². The van der Waals surface area contributed by atoms with Crippen LogP contribution in [0, 0.1) is 0 Å². The van der Waals surface area contributed by atoms with Crippen molar-refractivity contribution in [2.75, 3.05) is 5.73 Å². The third-order valence-corrected chi connectivity index (χ3v) is 1.65. The van der Waals surface area contributed by atoms with Crippen molar-refractivity contribution in [2.24, 2.45) is 0 Å². The molecule has 1 aromatic rings. The van der Waals surface area contributed by atoms with Crippen molar-refractivity contribution in [2.45, 2.75) is 6.92 Å². The minimum absolute atomic E-state index is 0.431. The molecule has 1 aromatic heterocycles. The van der Waals surface area contributed by atoms with Crippen LogP contribution in [-0.4, -0.2) is 4.98 Å². The highest BCUT2D eigenvalue weighted by atomic mass is 35.5. The van der Waals surface area contributed by atoms with Gasteiger partial charge in [-0.2, -0.15) is 0 Å². The summed E-state index contributed by atoms with van der Waals surface area (Å²) in [5, 5.41) is 0.602. The first kappa shape index (κ1) is 8.08. The van der Waals surface area contributed by atoms with Crippen LogP contribution in [0.15, 0.2) is 18.8 Å². The number of nitrogen functional groups attached to an aromatic ring is 1. The molecule has 3 heteroatoms. The van der Waals surface area contributed by atoms with Gasteiger partial charge in [0.15, 0.2) is 0 Å². The van der Waals surface area contributed by atoms with Crippen LogP contribution in [0.3, 0.4) is 0 Å². The van der Waals surface area contributed by atoms with Crippen molar-refractivity contribution in [3.63, 3.8) is 0 Å². The summed E-state index contributed by atoms with van der Waals surface area (Å²) in [4.78, 5) is 3.89. The van der Waals surface area contributed by atoms with E-state index >= 15 is 0 Å². The van der Waals surface area contributed by atoms with Crippen LogP contribution in [-0.2, 0) is 0 Å². The van der Waals surface area contributed by atoms with Gasteiger partial charge >= 0.3 is 0 Å². The molecule has 0 aromatic carbocycles. The number of rotatable bonds is 1. The molecule has 58 valence electrons. The van der Waals surface area contributed by atoms with Crippen molar-refractivity contribution >= 4 is 23.0 Å². The topological polar surface area (TPSA) is 38.9 Å². The third-order valence-electron chi connectivity index (χ3n) is 1.33. The minimum atomic E-state index is 0.431. The summed E-state index contributed by atoms with van der Waals surface area (Å²) in [6, 6.07) is 1.62. The van der Waals surface area contributed by atoms with E-state index in [0.29, 0.717) is 10.8 Å². The van der Waals surface area contributed by atoms with Gasteiger partial charge in [-0.3, -0.25) is 0 Å². The van der Waals surface area contributed by atoms with Crippen LogP contribution in [0.1, 0.15) is 12.5 Å². The molecule has 0 aliphatic rings. The second-order valence-electron chi connectivity index (χ2n) is 2.37. The monoisotopic (exact) mass is 168 g/mol. The molecule has 11 heavy (non-hydrogen) atoms. The quantitative estimate of drug-likeness (QED) is 0.699. The van der Waals surface area contributed by atoms with E-state index in [0.717, 1.165) is 11.1 Å². The van der Waals surface area contributed by atoms with Crippen molar-refractivity contribution < 1.29 is 0 Å². The Morgan fingerprint density at radius 2 is 2.36 bits per heavy atom. The van der Waals surface area contributed by atoms with E-state index in [1.807, 2.05) is 6.92 Å². The number of allylic oxidation sites excluding steroid dienone is 1. The lowest BCUT2D eigenvalue weighted by Gasteiger charge is -2.01. The zero-order valence-electron chi connectivity index (χ0n) is 6.26. The molecule has 0 spiro atoms. The molecule has 0 unspecified atom stereocenters. The molecule has 0 bridgehead atoms. The lowest BCUT2D eigenvalue weighted by molar-refractivity contribution is 1.31. The number of hydrogen-bond donors (Lipinski definition) is 1. The number of anilines is 1. The van der Waals surface area contributed by atoms with E-state index in [-0.39, 0.29) is 0 Å². The molecule has 0 saturated carbocycles. The van der Waals surface area contributed by atoms with Gasteiger partial charge in [-0.1, -0.05) is 18.2 Å². The smallest absolute Gasteiger partial charge is 0.124 e. The van der Waals surface area contributed by atoms with Gasteiger partial charge in [-0.05, 0) is 18.6 Å². The molecule has 0 amide bonds. The molecule has 1 heterocycles. The van der Waals surface area contributed by atoms with Gasteiger partial charge in [0.25, 0.3) is 0 Å². The van der Waals surface area contributed by atoms with E-state index in [1.54, 1.807) is 12.3 Å². The zero-order chi connectivity index (χ0) is 8.43. The average molecular weight is 169 g/mol. The normalized spacial score (nSPS) is 9.64. The predicted octanol–water partition coefficient (Wildman–Crippen LogP) is 2.35. The first-order valence-electron chi connectivity index (χ1n) is 3.18. The Hall–Kier alpha value is -1.02. The fourth-order valence-electron chi connectivity index (χ4n) is 0.760. The van der Waals surface area contributed by atoms with Gasteiger partial charge < -0.3 is 5.73 Å². The van der Waals surface area contributed by atoms with Gasteiger partial charge in [0.05, 0.1) is 5.02 Å². The molecular formula is C8H9ClN2. The summed E-state index contributed by atoms with van der Waals surface area (Å²) in [7, 11) is 0. The van der Waals surface area contributed by atoms with Gasteiger partial charge in [0.2, 0.25) is 0 Å². The minimum Gasteiger partial charge on any atom is -0.384 e. The highest BCUT2D eigenvalue weighted by Crippen LogP contribution is 2.22. The predicted molar refractivity (Wildman–Crippen MR) is 48.4 cm³/mol. The SMILES string of the molecule is C=C(C)c1cnc(N)cc1Cl. The second kappa shape index (κ2) is 2.93. The Morgan fingerprint density at radius 1 is 1.73 bits per heavy atom. The Kier molecular flexibility index (Phi) is 2.15. The summed E-state index contributed by atoms with van der Waals surface area (Å²) in [6.45, 7) is 5.62. The third kappa shape index (κ3) is 1.71. The second-order valence-corrected chi connectivity index (χ2v) is 2.78. The van der Waals surface area contributed by atoms with Crippen molar-refractivity contribution in [3.05, 3.63) is 29.4 Å².